The SMILES string of the molecule is CCCCC(NC(C)=O)c1cccc(C(F)(F)F)c1N=NN(C(C)C)C(C)C. The van der Waals surface area contributed by atoms with E-state index in [-0.39, 0.29) is 23.7 Å². The molecule has 0 aromatic heterocycles. The number of rotatable bonds is 9. The molecule has 0 fully saturated rings. The first-order valence-electron chi connectivity index (χ1n) is 9.66. The van der Waals surface area contributed by atoms with E-state index >= 15 is 0 Å². The van der Waals surface area contributed by atoms with E-state index in [1.807, 2.05) is 34.6 Å². The molecule has 1 atom stereocenters. The molecule has 0 aliphatic rings. The van der Waals surface area contributed by atoms with Crippen LogP contribution in [0.4, 0.5) is 18.9 Å². The number of hydrogen-bond donors (Lipinski definition) is 1. The minimum atomic E-state index is -4.57. The molecule has 0 saturated carbocycles. The first-order valence-corrected chi connectivity index (χ1v) is 9.66. The molecule has 1 aromatic rings. The topological polar surface area (TPSA) is 57.1 Å². The van der Waals surface area contributed by atoms with Crippen LogP contribution in [0.15, 0.2) is 28.5 Å². The van der Waals surface area contributed by atoms with Gasteiger partial charge in [-0.15, -0.1) is 5.11 Å². The number of unbranched alkanes of at least 4 members (excludes halogenated alkanes) is 1. The molecule has 1 N–H and O–H groups in total. The third-order valence-electron chi connectivity index (χ3n) is 4.28. The van der Waals surface area contributed by atoms with E-state index in [1.165, 1.54) is 13.0 Å². The summed E-state index contributed by atoms with van der Waals surface area (Å²) in [6.45, 7) is 10.9. The lowest BCUT2D eigenvalue weighted by Gasteiger charge is -2.26. The summed E-state index contributed by atoms with van der Waals surface area (Å²) in [7, 11) is 0. The summed E-state index contributed by atoms with van der Waals surface area (Å²) in [6, 6.07) is 3.33. The molecule has 0 spiro atoms. The molecule has 0 radical (unpaired) electrons. The van der Waals surface area contributed by atoms with E-state index in [1.54, 1.807) is 11.1 Å². The predicted molar refractivity (Wildman–Crippen MR) is 104 cm³/mol. The van der Waals surface area contributed by atoms with Crippen LogP contribution in [0.2, 0.25) is 0 Å². The molecule has 0 aliphatic heterocycles. The van der Waals surface area contributed by atoms with Gasteiger partial charge in [0.15, 0.2) is 0 Å². The van der Waals surface area contributed by atoms with Gasteiger partial charge >= 0.3 is 6.18 Å². The molecular formula is C20H31F3N4O. The number of hydrogen-bond acceptors (Lipinski definition) is 3. The molecule has 0 heterocycles. The smallest absolute Gasteiger partial charge is 0.349 e. The van der Waals surface area contributed by atoms with Gasteiger partial charge in [-0.2, -0.15) is 13.2 Å². The van der Waals surface area contributed by atoms with Gasteiger partial charge in [0, 0.05) is 24.6 Å². The van der Waals surface area contributed by atoms with E-state index < -0.39 is 17.8 Å². The Morgan fingerprint density at radius 1 is 1.18 bits per heavy atom. The monoisotopic (exact) mass is 400 g/mol. The number of carbonyl (C=O) groups is 1. The second-order valence-corrected chi connectivity index (χ2v) is 7.39. The number of alkyl halides is 3. The number of amides is 1. The summed E-state index contributed by atoms with van der Waals surface area (Å²) >= 11 is 0. The number of nitrogens with one attached hydrogen (secondary N) is 1. The van der Waals surface area contributed by atoms with Crippen LogP contribution in [0.3, 0.4) is 0 Å². The maximum Gasteiger partial charge on any atom is 0.418 e. The number of benzene rings is 1. The Morgan fingerprint density at radius 2 is 1.79 bits per heavy atom. The van der Waals surface area contributed by atoms with E-state index in [0.29, 0.717) is 12.0 Å². The van der Waals surface area contributed by atoms with E-state index in [0.717, 1.165) is 18.9 Å². The number of nitrogens with zero attached hydrogens (tertiary/aromatic N) is 3. The van der Waals surface area contributed by atoms with Crippen LogP contribution in [0.5, 0.6) is 0 Å². The Labute approximate surface area is 165 Å². The fourth-order valence-electron chi connectivity index (χ4n) is 3.04. The molecule has 1 unspecified atom stereocenters. The van der Waals surface area contributed by atoms with Gasteiger partial charge in [0.25, 0.3) is 0 Å². The molecule has 158 valence electrons. The van der Waals surface area contributed by atoms with Crippen LogP contribution in [-0.4, -0.2) is 23.0 Å². The molecule has 0 aliphatic carbocycles. The predicted octanol–water partition coefficient (Wildman–Crippen LogP) is 6.19. The van der Waals surface area contributed by atoms with Gasteiger partial charge in [-0.05, 0) is 40.2 Å². The van der Waals surface area contributed by atoms with Crippen LogP contribution < -0.4 is 5.32 Å². The Morgan fingerprint density at radius 3 is 2.25 bits per heavy atom. The fourth-order valence-corrected chi connectivity index (χ4v) is 3.04. The molecular weight excluding hydrogens is 369 g/mol. The van der Waals surface area contributed by atoms with E-state index in [4.69, 9.17) is 0 Å². The number of halogens is 3. The van der Waals surface area contributed by atoms with Gasteiger partial charge < -0.3 is 5.32 Å². The molecule has 8 heteroatoms. The van der Waals surface area contributed by atoms with Crippen molar-refractivity contribution in [1.82, 2.24) is 10.3 Å². The van der Waals surface area contributed by atoms with Crippen molar-refractivity contribution in [3.05, 3.63) is 29.3 Å². The zero-order chi connectivity index (χ0) is 21.5. The van der Waals surface area contributed by atoms with Crippen molar-refractivity contribution in [2.75, 3.05) is 0 Å². The van der Waals surface area contributed by atoms with Gasteiger partial charge in [0.05, 0.1) is 11.6 Å². The molecule has 28 heavy (non-hydrogen) atoms. The first-order chi connectivity index (χ1) is 13.0. The van der Waals surface area contributed by atoms with Gasteiger partial charge in [0.1, 0.15) is 5.69 Å². The van der Waals surface area contributed by atoms with Gasteiger partial charge in [-0.3, -0.25) is 9.80 Å². The van der Waals surface area contributed by atoms with Crippen molar-refractivity contribution in [3.63, 3.8) is 0 Å². The van der Waals surface area contributed by atoms with E-state index in [9.17, 15) is 18.0 Å². The summed E-state index contributed by atoms with van der Waals surface area (Å²) in [6.07, 6.45) is -2.42. The Kier molecular flexibility index (Phi) is 8.91. The second-order valence-electron chi connectivity index (χ2n) is 7.39. The second kappa shape index (κ2) is 10.4. The highest BCUT2D eigenvalue weighted by Crippen LogP contribution is 2.41. The molecule has 1 rings (SSSR count). The van der Waals surface area contributed by atoms with Gasteiger partial charge in [-0.1, -0.05) is 37.1 Å². The zero-order valence-corrected chi connectivity index (χ0v) is 17.5. The molecule has 1 aromatic carbocycles. The molecule has 0 saturated heterocycles. The third kappa shape index (κ3) is 6.80. The maximum absolute atomic E-state index is 13.6. The van der Waals surface area contributed by atoms with Crippen LogP contribution in [0, 0.1) is 0 Å². The fraction of sp³-hybridized carbons (Fsp3) is 0.650. The van der Waals surface area contributed by atoms with Gasteiger partial charge in [-0.25, -0.2) is 0 Å². The highest BCUT2D eigenvalue weighted by molar-refractivity contribution is 5.74. The summed E-state index contributed by atoms with van der Waals surface area (Å²) in [5.41, 5.74) is -0.765. The minimum Gasteiger partial charge on any atom is -0.349 e. The lowest BCUT2D eigenvalue weighted by Crippen LogP contribution is -2.31. The van der Waals surface area contributed by atoms with E-state index in [2.05, 4.69) is 15.7 Å². The van der Waals surface area contributed by atoms with Crippen LogP contribution in [-0.2, 0) is 11.0 Å². The minimum absolute atomic E-state index is 0.0171. The lowest BCUT2D eigenvalue weighted by atomic mass is 9.96. The molecule has 0 bridgehead atoms. The first kappa shape index (κ1) is 23.9. The van der Waals surface area contributed by atoms with Crippen molar-refractivity contribution in [1.29, 1.82) is 0 Å². The van der Waals surface area contributed by atoms with Crippen molar-refractivity contribution < 1.29 is 18.0 Å². The normalized spacial score (nSPS) is 13.4. The van der Waals surface area contributed by atoms with Crippen LogP contribution in [0.25, 0.3) is 0 Å². The summed E-state index contributed by atoms with van der Waals surface area (Å²) in [4.78, 5) is 11.6. The van der Waals surface area contributed by atoms with Crippen LogP contribution >= 0.6 is 0 Å². The van der Waals surface area contributed by atoms with Crippen molar-refractivity contribution >= 4 is 11.6 Å². The largest absolute Gasteiger partial charge is 0.418 e. The Balaban J connectivity index is 3.53. The summed E-state index contributed by atoms with van der Waals surface area (Å²) in [5, 5.41) is 12.6. The number of carbonyl (C=O) groups excluding carboxylic acids is 1. The average Bonchev–Trinajstić information content (AvgIpc) is 2.57. The molecule has 1 amide bonds. The maximum atomic E-state index is 13.6. The van der Waals surface area contributed by atoms with Crippen molar-refractivity contribution in [3.8, 4) is 0 Å². The Bertz CT molecular complexity index is 664. The average molecular weight is 400 g/mol. The zero-order valence-electron chi connectivity index (χ0n) is 17.5. The standard InChI is InChI=1S/C20H31F3N4O/c1-7-8-12-18(24-15(6)28)16-10-9-11-17(20(21,22)23)19(16)25-26-27(13(2)3)14(4)5/h9-11,13-14,18H,7-8,12H2,1-6H3,(H,24,28). The van der Waals surface area contributed by atoms with Crippen LogP contribution in [0.1, 0.15) is 78.0 Å². The quantitative estimate of drug-likeness (QED) is 0.397. The molecule has 5 nitrogen and oxygen atoms in total. The Hall–Kier alpha value is -2.12. The highest BCUT2D eigenvalue weighted by Gasteiger charge is 2.36. The highest BCUT2D eigenvalue weighted by atomic mass is 19.4. The van der Waals surface area contributed by atoms with Crippen molar-refractivity contribution in [2.24, 2.45) is 10.3 Å². The van der Waals surface area contributed by atoms with Crippen molar-refractivity contribution in [2.45, 2.75) is 85.1 Å². The third-order valence-corrected chi connectivity index (χ3v) is 4.28. The lowest BCUT2D eigenvalue weighted by molar-refractivity contribution is -0.137. The van der Waals surface area contributed by atoms with Gasteiger partial charge in [0.2, 0.25) is 5.91 Å². The summed E-state index contributed by atoms with van der Waals surface area (Å²) in [5.74, 6) is -0.299. The summed E-state index contributed by atoms with van der Waals surface area (Å²) < 4.78 is 40.9.